The van der Waals surface area contributed by atoms with Gasteiger partial charge in [0, 0.05) is 16.8 Å². The van der Waals surface area contributed by atoms with Crippen LogP contribution in [-0.2, 0) is 16.8 Å². The Labute approximate surface area is 139 Å². The van der Waals surface area contributed by atoms with E-state index in [-0.39, 0.29) is 5.78 Å². The summed E-state index contributed by atoms with van der Waals surface area (Å²) in [4.78, 5) is 25.5. The lowest BCUT2D eigenvalue weighted by atomic mass is 9.71. The minimum absolute atomic E-state index is 0.218. The number of amides is 1. The van der Waals surface area contributed by atoms with E-state index in [2.05, 4.69) is 5.32 Å². The van der Waals surface area contributed by atoms with Crippen LogP contribution in [0.3, 0.4) is 0 Å². The number of aliphatic hydroxyl groups is 1. The van der Waals surface area contributed by atoms with Gasteiger partial charge in [-0.25, -0.2) is 0 Å². The number of aryl methyl sites for hydroxylation is 1. The van der Waals surface area contributed by atoms with Crippen molar-refractivity contribution in [2.45, 2.75) is 18.4 Å². The minimum atomic E-state index is -1.82. The lowest BCUT2D eigenvalue weighted by molar-refractivity contribution is -0.138. The molecule has 2 aromatic rings. The number of anilines is 1. The topological polar surface area (TPSA) is 75.6 Å². The second-order valence-electron chi connectivity index (χ2n) is 6.24. The maximum absolute atomic E-state index is 13.0. The molecule has 1 heterocycles. The van der Waals surface area contributed by atoms with Crippen molar-refractivity contribution in [3.8, 4) is 5.75 Å². The van der Waals surface area contributed by atoms with Gasteiger partial charge < -0.3 is 15.2 Å². The molecule has 24 heavy (non-hydrogen) atoms. The second kappa shape index (κ2) is 5.18. The van der Waals surface area contributed by atoms with E-state index in [0.29, 0.717) is 35.4 Å². The van der Waals surface area contributed by atoms with E-state index in [4.69, 9.17) is 4.74 Å². The molecule has 1 amide bonds. The van der Waals surface area contributed by atoms with E-state index >= 15 is 0 Å². The van der Waals surface area contributed by atoms with Crippen molar-refractivity contribution in [3.63, 3.8) is 0 Å². The molecule has 1 aliphatic carbocycles. The van der Waals surface area contributed by atoms with Gasteiger partial charge in [0.05, 0.1) is 13.0 Å². The number of ketones is 1. The van der Waals surface area contributed by atoms with Gasteiger partial charge in [0.2, 0.25) is 0 Å². The van der Waals surface area contributed by atoms with Gasteiger partial charge in [-0.15, -0.1) is 0 Å². The molecule has 0 bridgehead atoms. The third-order valence-electron chi connectivity index (χ3n) is 5.04. The summed E-state index contributed by atoms with van der Waals surface area (Å²) in [5.74, 6) is -0.968. The fourth-order valence-electron chi connectivity index (χ4n) is 3.76. The quantitative estimate of drug-likeness (QED) is 0.889. The molecule has 0 spiro atoms. The Balaban J connectivity index is 1.80. The Morgan fingerprint density at radius 1 is 1.21 bits per heavy atom. The van der Waals surface area contributed by atoms with Crippen molar-refractivity contribution in [2.24, 2.45) is 5.92 Å². The molecule has 1 aliphatic heterocycles. The first-order chi connectivity index (χ1) is 11.6. The van der Waals surface area contributed by atoms with Crippen LogP contribution in [0.2, 0.25) is 0 Å². The molecule has 0 fully saturated rings. The average Bonchev–Trinajstić information content (AvgIpc) is 2.87. The SMILES string of the molecule is COc1ccc2c(c1)C(=O)[C@H]([C@]1(O)C(=O)Nc3ccccc31)CC2. The first-order valence-electron chi connectivity index (χ1n) is 7.90. The first kappa shape index (κ1) is 14.9. The minimum Gasteiger partial charge on any atom is -0.497 e. The highest BCUT2D eigenvalue weighted by atomic mass is 16.5. The summed E-state index contributed by atoms with van der Waals surface area (Å²) in [5.41, 5.74) is 0.659. The molecular formula is C19H17NO4. The number of benzene rings is 2. The Kier molecular flexibility index (Phi) is 3.21. The molecule has 2 N–H and O–H groups in total. The number of Topliss-reactive ketones (excluding diaryl/α,β-unsaturated/α-hetero) is 1. The van der Waals surface area contributed by atoms with E-state index in [1.807, 2.05) is 12.1 Å². The van der Waals surface area contributed by atoms with Crippen molar-refractivity contribution in [3.05, 3.63) is 59.2 Å². The Hall–Kier alpha value is -2.66. The lowest BCUT2D eigenvalue weighted by Gasteiger charge is -2.33. The summed E-state index contributed by atoms with van der Waals surface area (Å²) in [7, 11) is 1.54. The zero-order valence-corrected chi connectivity index (χ0v) is 13.2. The van der Waals surface area contributed by atoms with Crippen molar-refractivity contribution in [1.82, 2.24) is 0 Å². The molecule has 0 saturated heterocycles. The van der Waals surface area contributed by atoms with Crippen molar-refractivity contribution in [2.75, 3.05) is 12.4 Å². The van der Waals surface area contributed by atoms with Crippen molar-refractivity contribution >= 4 is 17.4 Å². The third kappa shape index (κ3) is 1.91. The van der Waals surface area contributed by atoms with Gasteiger partial charge >= 0.3 is 0 Å². The molecule has 0 aromatic heterocycles. The normalized spacial score (nSPS) is 25.0. The van der Waals surface area contributed by atoms with Crippen LogP contribution in [0, 0.1) is 5.92 Å². The Morgan fingerprint density at radius 2 is 2.00 bits per heavy atom. The summed E-state index contributed by atoms with van der Waals surface area (Å²) in [5, 5.41) is 13.9. The molecule has 2 aliphatic rings. The van der Waals surface area contributed by atoms with E-state index in [1.54, 1.807) is 37.4 Å². The number of fused-ring (bicyclic) bond motifs is 2. The van der Waals surface area contributed by atoms with E-state index in [1.165, 1.54) is 0 Å². The van der Waals surface area contributed by atoms with Crippen LogP contribution in [0.15, 0.2) is 42.5 Å². The number of hydrogen-bond acceptors (Lipinski definition) is 4. The molecule has 0 saturated carbocycles. The summed E-state index contributed by atoms with van der Waals surface area (Å²) in [6.45, 7) is 0. The number of carbonyl (C=O) groups excluding carboxylic acids is 2. The van der Waals surface area contributed by atoms with Crippen LogP contribution < -0.4 is 10.1 Å². The van der Waals surface area contributed by atoms with Gasteiger partial charge in [0.25, 0.3) is 5.91 Å². The molecule has 5 heteroatoms. The number of ether oxygens (including phenoxy) is 1. The molecule has 0 unspecified atom stereocenters. The van der Waals surface area contributed by atoms with Crippen LogP contribution in [0.5, 0.6) is 5.75 Å². The fraction of sp³-hybridized carbons (Fsp3) is 0.263. The predicted octanol–water partition coefficient (Wildman–Crippen LogP) is 2.28. The molecule has 0 radical (unpaired) electrons. The molecule has 5 nitrogen and oxygen atoms in total. The van der Waals surface area contributed by atoms with Crippen LogP contribution in [0.1, 0.15) is 27.9 Å². The summed E-state index contributed by atoms with van der Waals surface area (Å²) >= 11 is 0. The zero-order chi connectivity index (χ0) is 16.9. The van der Waals surface area contributed by atoms with Crippen LogP contribution in [-0.4, -0.2) is 23.9 Å². The van der Waals surface area contributed by atoms with E-state index in [9.17, 15) is 14.7 Å². The van der Waals surface area contributed by atoms with Crippen LogP contribution in [0.4, 0.5) is 5.69 Å². The van der Waals surface area contributed by atoms with E-state index in [0.717, 1.165) is 5.56 Å². The second-order valence-corrected chi connectivity index (χ2v) is 6.24. The zero-order valence-electron chi connectivity index (χ0n) is 13.2. The average molecular weight is 323 g/mol. The number of rotatable bonds is 2. The number of para-hydroxylation sites is 1. The number of nitrogens with one attached hydrogen (secondary N) is 1. The largest absolute Gasteiger partial charge is 0.497 e. The van der Waals surface area contributed by atoms with Gasteiger partial charge in [-0.05, 0) is 36.6 Å². The highest BCUT2D eigenvalue weighted by Gasteiger charge is 2.54. The van der Waals surface area contributed by atoms with Gasteiger partial charge in [0.1, 0.15) is 5.75 Å². The monoisotopic (exact) mass is 323 g/mol. The Bertz CT molecular complexity index is 860. The number of hydrogen-bond donors (Lipinski definition) is 2. The van der Waals surface area contributed by atoms with Crippen LogP contribution >= 0.6 is 0 Å². The highest BCUT2D eigenvalue weighted by Crippen LogP contribution is 2.45. The van der Waals surface area contributed by atoms with Crippen LogP contribution in [0.25, 0.3) is 0 Å². The molecular weight excluding hydrogens is 306 g/mol. The highest BCUT2D eigenvalue weighted by molar-refractivity contribution is 6.11. The predicted molar refractivity (Wildman–Crippen MR) is 88.1 cm³/mol. The summed E-state index contributed by atoms with van der Waals surface area (Å²) in [6, 6.07) is 12.3. The summed E-state index contributed by atoms with van der Waals surface area (Å²) in [6.07, 6.45) is 1.06. The lowest BCUT2D eigenvalue weighted by Crippen LogP contribution is -2.47. The van der Waals surface area contributed by atoms with Gasteiger partial charge in [0.15, 0.2) is 11.4 Å². The smallest absolute Gasteiger partial charge is 0.261 e. The van der Waals surface area contributed by atoms with Crippen molar-refractivity contribution < 1.29 is 19.4 Å². The third-order valence-corrected chi connectivity index (χ3v) is 5.04. The molecule has 122 valence electrons. The molecule has 2 atom stereocenters. The van der Waals surface area contributed by atoms with Gasteiger partial charge in [-0.2, -0.15) is 0 Å². The summed E-state index contributed by atoms with van der Waals surface area (Å²) < 4.78 is 5.20. The standard InChI is InChI=1S/C19H17NO4/c1-24-12-8-6-11-7-9-15(17(21)13(11)10-12)19(23)14-4-2-3-5-16(14)20-18(19)22/h2-6,8,10,15,23H,7,9H2,1H3,(H,20,22)/t15-,19+/m1/s1. The van der Waals surface area contributed by atoms with Gasteiger partial charge in [-0.1, -0.05) is 24.3 Å². The number of methoxy groups -OCH3 is 1. The van der Waals surface area contributed by atoms with E-state index < -0.39 is 17.4 Å². The Morgan fingerprint density at radius 3 is 2.79 bits per heavy atom. The first-order valence-corrected chi connectivity index (χ1v) is 7.90. The fourth-order valence-corrected chi connectivity index (χ4v) is 3.76. The van der Waals surface area contributed by atoms with Crippen molar-refractivity contribution in [1.29, 1.82) is 0 Å². The molecule has 2 aromatic carbocycles. The van der Waals surface area contributed by atoms with Gasteiger partial charge in [-0.3, -0.25) is 9.59 Å². The maximum atomic E-state index is 13.0. The number of carbonyl (C=O) groups is 2. The maximum Gasteiger partial charge on any atom is 0.261 e. The molecule has 4 rings (SSSR count).